The summed E-state index contributed by atoms with van der Waals surface area (Å²) in [6.07, 6.45) is 4.60. The summed E-state index contributed by atoms with van der Waals surface area (Å²) in [6, 6.07) is 6.26. The van der Waals surface area contributed by atoms with Crippen LogP contribution in [0.25, 0.3) is 0 Å². The first-order valence-electron chi connectivity index (χ1n) is 7.66. The average Bonchev–Trinajstić information content (AvgIpc) is 2.97. The highest BCUT2D eigenvalue weighted by Crippen LogP contribution is 2.35. The Morgan fingerprint density at radius 2 is 2.14 bits per heavy atom. The summed E-state index contributed by atoms with van der Waals surface area (Å²) in [5.41, 5.74) is 7.55. The van der Waals surface area contributed by atoms with Crippen LogP contribution in [0.5, 0.6) is 0 Å². The fraction of sp³-hybridized carbons (Fsp3) is 0.562. The standard InChI is InChI=1S/C16H24ClN3O/c1-2-19-10-12-6-5-9-14(17)16(12)20(11-15(18)21)13-7-3-4-8-13/h5-6,9,13,19H,2-4,7-8,10-11H2,1H3,(H2,18,21). The Bertz CT molecular complexity index is 486. The molecular weight excluding hydrogens is 286 g/mol. The van der Waals surface area contributed by atoms with Crippen LogP contribution in [0.4, 0.5) is 5.69 Å². The molecule has 116 valence electrons. The van der Waals surface area contributed by atoms with Crippen LogP contribution in [0.3, 0.4) is 0 Å². The monoisotopic (exact) mass is 309 g/mol. The van der Waals surface area contributed by atoms with Crippen LogP contribution >= 0.6 is 11.6 Å². The lowest BCUT2D eigenvalue weighted by molar-refractivity contribution is -0.116. The normalized spacial score (nSPS) is 15.3. The SMILES string of the molecule is CCNCc1cccc(Cl)c1N(CC(N)=O)C1CCCC1. The van der Waals surface area contributed by atoms with Gasteiger partial charge in [0.1, 0.15) is 0 Å². The van der Waals surface area contributed by atoms with Crippen molar-refractivity contribution in [2.45, 2.75) is 45.2 Å². The molecule has 0 heterocycles. The van der Waals surface area contributed by atoms with Gasteiger partial charge >= 0.3 is 0 Å². The quantitative estimate of drug-likeness (QED) is 0.814. The van der Waals surface area contributed by atoms with E-state index in [1.165, 1.54) is 12.8 Å². The third-order valence-corrected chi connectivity index (χ3v) is 4.32. The number of para-hydroxylation sites is 1. The third kappa shape index (κ3) is 4.11. The molecule has 1 aromatic rings. The Balaban J connectivity index is 2.34. The van der Waals surface area contributed by atoms with Crippen molar-refractivity contribution in [1.29, 1.82) is 0 Å². The second-order valence-electron chi connectivity index (χ2n) is 5.56. The molecule has 2 rings (SSSR count). The topological polar surface area (TPSA) is 58.4 Å². The lowest BCUT2D eigenvalue weighted by atomic mass is 10.1. The van der Waals surface area contributed by atoms with Crippen molar-refractivity contribution in [3.63, 3.8) is 0 Å². The highest BCUT2D eigenvalue weighted by atomic mass is 35.5. The second-order valence-corrected chi connectivity index (χ2v) is 5.97. The van der Waals surface area contributed by atoms with Crippen molar-refractivity contribution in [3.05, 3.63) is 28.8 Å². The van der Waals surface area contributed by atoms with Crippen molar-refractivity contribution in [3.8, 4) is 0 Å². The Hall–Kier alpha value is -1.26. The number of nitrogens with one attached hydrogen (secondary N) is 1. The van der Waals surface area contributed by atoms with E-state index in [0.29, 0.717) is 11.1 Å². The van der Waals surface area contributed by atoms with Crippen molar-refractivity contribution >= 4 is 23.2 Å². The van der Waals surface area contributed by atoms with Gasteiger partial charge in [0.25, 0.3) is 0 Å². The summed E-state index contributed by atoms with van der Waals surface area (Å²) in [4.78, 5) is 13.6. The van der Waals surface area contributed by atoms with E-state index in [-0.39, 0.29) is 12.5 Å². The molecule has 1 amide bonds. The number of primary amides is 1. The fourth-order valence-electron chi connectivity index (χ4n) is 3.06. The molecule has 0 saturated heterocycles. The Morgan fingerprint density at radius 1 is 1.43 bits per heavy atom. The zero-order chi connectivity index (χ0) is 15.2. The number of nitrogens with two attached hydrogens (primary N) is 1. The highest BCUT2D eigenvalue weighted by molar-refractivity contribution is 6.33. The van der Waals surface area contributed by atoms with E-state index in [2.05, 4.69) is 23.2 Å². The molecule has 1 fully saturated rings. The minimum atomic E-state index is -0.309. The molecule has 0 radical (unpaired) electrons. The van der Waals surface area contributed by atoms with Crippen LogP contribution in [0.2, 0.25) is 5.02 Å². The second kappa shape index (κ2) is 7.66. The summed E-state index contributed by atoms with van der Waals surface area (Å²) >= 11 is 6.44. The molecule has 21 heavy (non-hydrogen) atoms. The molecule has 5 heteroatoms. The van der Waals surface area contributed by atoms with Gasteiger partial charge in [-0.25, -0.2) is 0 Å². The number of halogens is 1. The third-order valence-electron chi connectivity index (χ3n) is 4.01. The molecule has 1 saturated carbocycles. The summed E-state index contributed by atoms with van der Waals surface area (Å²) in [5.74, 6) is -0.309. The van der Waals surface area contributed by atoms with Crippen LogP contribution in [-0.4, -0.2) is 25.0 Å². The van der Waals surface area contributed by atoms with Gasteiger partial charge in [0.2, 0.25) is 5.91 Å². The van der Waals surface area contributed by atoms with Gasteiger partial charge < -0.3 is 16.0 Å². The molecule has 0 bridgehead atoms. The van der Waals surface area contributed by atoms with Crippen LogP contribution in [-0.2, 0) is 11.3 Å². The van der Waals surface area contributed by atoms with E-state index in [4.69, 9.17) is 17.3 Å². The average molecular weight is 310 g/mol. The van der Waals surface area contributed by atoms with E-state index >= 15 is 0 Å². The van der Waals surface area contributed by atoms with Gasteiger partial charge in [-0.1, -0.05) is 43.5 Å². The zero-order valence-electron chi connectivity index (χ0n) is 12.6. The first-order chi connectivity index (χ1) is 10.1. The number of hydrogen-bond donors (Lipinski definition) is 2. The van der Waals surface area contributed by atoms with Gasteiger partial charge in [0.15, 0.2) is 0 Å². The van der Waals surface area contributed by atoms with Gasteiger partial charge in [-0.15, -0.1) is 0 Å². The van der Waals surface area contributed by atoms with Crippen LogP contribution < -0.4 is 16.0 Å². The molecule has 1 aliphatic carbocycles. The predicted octanol–water partition coefficient (Wildman–Crippen LogP) is 2.68. The smallest absolute Gasteiger partial charge is 0.236 e. The number of nitrogens with zero attached hydrogens (tertiary/aromatic N) is 1. The minimum Gasteiger partial charge on any atom is -0.368 e. The first kappa shape index (κ1) is 16.1. The number of rotatable bonds is 7. The maximum absolute atomic E-state index is 11.5. The Kier molecular flexibility index (Phi) is 5.88. The molecule has 1 aromatic carbocycles. The maximum Gasteiger partial charge on any atom is 0.236 e. The summed E-state index contributed by atoms with van der Waals surface area (Å²) in [6.45, 7) is 3.94. The molecule has 4 nitrogen and oxygen atoms in total. The van der Waals surface area contributed by atoms with Gasteiger partial charge in [0, 0.05) is 12.6 Å². The molecular formula is C16H24ClN3O. The summed E-state index contributed by atoms with van der Waals surface area (Å²) in [5, 5.41) is 4.02. The molecule has 0 aliphatic heterocycles. The summed E-state index contributed by atoms with van der Waals surface area (Å²) in [7, 11) is 0. The lowest BCUT2D eigenvalue weighted by Crippen LogP contribution is -2.41. The molecule has 3 N–H and O–H groups in total. The summed E-state index contributed by atoms with van der Waals surface area (Å²) < 4.78 is 0. The predicted molar refractivity (Wildman–Crippen MR) is 87.6 cm³/mol. The van der Waals surface area contributed by atoms with Crippen LogP contribution in [0.1, 0.15) is 38.2 Å². The van der Waals surface area contributed by atoms with Crippen molar-refractivity contribution in [2.75, 3.05) is 18.0 Å². The number of hydrogen-bond acceptors (Lipinski definition) is 3. The number of carbonyl (C=O) groups is 1. The van der Waals surface area contributed by atoms with E-state index in [1.807, 2.05) is 12.1 Å². The highest BCUT2D eigenvalue weighted by Gasteiger charge is 2.27. The first-order valence-corrected chi connectivity index (χ1v) is 8.04. The lowest BCUT2D eigenvalue weighted by Gasteiger charge is -2.32. The Labute approximate surface area is 131 Å². The molecule has 1 aliphatic rings. The van der Waals surface area contributed by atoms with Crippen molar-refractivity contribution in [1.82, 2.24) is 5.32 Å². The van der Waals surface area contributed by atoms with Gasteiger partial charge in [-0.3, -0.25) is 4.79 Å². The largest absolute Gasteiger partial charge is 0.368 e. The number of carbonyl (C=O) groups excluding carboxylic acids is 1. The number of benzene rings is 1. The number of anilines is 1. The van der Waals surface area contributed by atoms with Gasteiger partial charge in [-0.2, -0.15) is 0 Å². The van der Waals surface area contributed by atoms with Crippen LogP contribution in [0, 0.1) is 0 Å². The fourth-order valence-corrected chi connectivity index (χ4v) is 3.36. The van der Waals surface area contributed by atoms with Crippen molar-refractivity contribution in [2.24, 2.45) is 5.73 Å². The maximum atomic E-state index is 11.5. The molecule has 0 aromatic heterocycles. The van der Waals surface area contributed by atoms with Crippen molar-refractivity contribution < 1.29 is 4.79 Å². The van der Waals surface area contributed by atoms with E-state index in [1.54, 1.807) is 0 Å². The molecule has 0 spiro atoms. The van der Waals surface area contributed by atoms with Crippen LogP contribution in [0.15, 0.2) is 18.2 Å². The van der Waals surface area contributed by atoms with E-state index in [0.717, 1.165) is 37.2 Å². The van der Waals surface area contributed by atoms with E-state index < -0.39 is 0 Å². The number of amides is 1. The Morgan fingerprint density at radius 3 is 2.76 bits per heavy atom. The van der Waals surface area contributed by atoms with Gasteiger partial charge in [0.05, 0.1) is 17.3 Å². The van der Waals surface area contributed by atoms with Gasteiger partial charge in [-0.05, 0) is 31.0 Å². The molecule has 0 unspecified atom stereocenters. The minimum absolute atomic E-state index is 0.230. The molecule has 0 atom stereocenters. The zero-order valence-corrected chi connectivity index (χ0v) is 13.3. The van der Waals surface area contributed by atoms with E-state index in [9.17, 15) is 4.79 Å².